The normalized spacial score (nSPS) is 13.6. The molecule has 5 nitrogen and oxygen atoms in total. The predicted molar refractivity (Wildman–Crippen MR) is 82.8 cm³/mol. The zero-order valence-electron chi connectivity index (χ0n) is 12.5. The molecular weight excluding hydrogens is 280 g/mol. The zero-order chi connectivity index (χ0) is 15.5. The van der Waals surface area contributed by atoms with Gasteiger partial charge in [-0.25, -0.2) is 4.79 Å². The maximum absolute atomic E-state index is 12.4. The predicted octanol–water partition coefficient (Wildman–Crippen LogP) is 2.16. The van der Waals surface area contributed by atoms with Gasteiger partial charge in [0.1, 0.15) is 5.69 Å². The molecule has 1 aliphatic rings. The van der Waals surface area contributed by atoms with Gasteiger partial charge in [-0.3, -0.25) is 4.79 Å². The van der Waals surface area contributed by atoms with Gasteiger partial charge < -0.3 is 14.2 Å². The van der Waals surface area contributed by atoms with Gasteiger partial charge in [0.25, 0.3) is 5.91 Å². The summed E-state index contributed by atoms with van der Waals surface area (Å²) in [5, 5.41) is 0. The van der Waals surface area contributed by atoms with Gasteiger partial charge in [0.05, 0.1) is 0 Å². The lowest BCUT2D eigenvalue weighted by molar-refractivity contribution is -0.121. The van der Waals surface area contributed by atoms with Crippen LogP contribution in [0.3, 0.4) is 0 Å². The van der Waals surface area contributed by atoms with Gasteiger partial charge in [-0.2, -0.15) is 0 Å². The monoisotopic (exact) mass is 298 g/mol. The van der Waals surface area contributed by atoms with Gasteiger partial charge in [0, 0.05) is 25.5 Å². The zero-order valence-corrected chi connectivity index (χ0v) is 12.5. The van der Waals surface area contributed by atoms with Crippen molar-refractivity contribution in [2.24, 2.45) is 7.05 Å². The van der Waals surface area contributed by atoms with Crippen molar-refractivity contribution < 1.29 is 14.3 Å². The summed E-state index contributed by atoms with van der Waals surface area (Å²) in [7, 11) is 1.76. The standard InChI is InChI=1S/C17H18N2O3/c1-18-10-5-9-15(18)17(21)22-12-16(20)19-11-4-7-13-6-2-3-8-14(13)19/h2-3,5-6,8-10H,4,7,11-12H2,1H3. The van der Waals surface area contributed by atoms with Crippen molar-refractivity contribution in [2.75, 3.05) is 18.1 Å². The molecule has 0 atom stereocenters. The number of fused-ring (bicyclic) bond motifs is 1. The lowest BCUT2D eigenvalue weighted by atomic mass is 10.0. The fourth-order valence-electron chi connectivity index (χ4n) is 2.74. The number of para-hydroxylation sites is 1. The van der Waals surface area contributed by atoms with Crippen LogP contribution in [0.15, 0.2) is 42.6 Å². The molecule has 0 radical (unpaired) electrons. The van der Waals surface area contributed by atoms with E-state index in [0.29, 0.717) is 12.2 Å². The molecule has 1 amide bonds. The van der Waals surface area contributed by atoms with Crippen LogP contribution in [0.2, 0.25) is 0 Å². The number of esters is 1. The third-order valence-electron chi connectivity index (χ3n) is 3.89. The van der Waals surface area contributed by atoms with Gasteiger partial charge in [-0.05, 0) is 36.6 Å². The summed E-state index contributed by atoms with van der Waals surface area (Å²) in [6.07, 6.45) is 3.66. The lowest BCUT2D eigenvalue weighted by Gasteiger charge is -2.29. The van der Waals surface area contributed by atoms with E-state index in [1.54, 1.807) is 34.8 Å². The van der Waals surface area contributed by atoms with Gasteiger partial charge in [0.15, 0.2) is 6.61 Å². The maximum atomic E-state index is 12.4. The molecule has 0 saturated carbocycles. The van der Waals surface area contributed by atoms with Crippen molar-refractivity contribution in [2.45, 2.75) is 12.8 Å². The van der Waals surface area contributed by atoms with E-state index < -0.39 is 5.97 Å². The highest BCUT2D eigenvalue weighted by molar-refractivity contribution is 5.97. The number of carbonyl (C=O) groups excluding carboxylic acids is 2. The Morgan fingerprint density at radius 2 is 2.00 bits per heavy atom. The lowest BCUT2D eigenvalue weighted by Crippen LogP contribution is -2.38. The van der Waals surface area contributed by atoms with Crippen LogP contribution in [-0.4, -0.2) is 29.6 Å². The molecule has 5 heteroatoms. The Bertz CT molecular complexity index is 705. The van der Waals surface area contributed by atoms with Gasteiger partial charge in [0.2, 0.25) is 0 Å². The number of aromatic nitrogens is 1. The van der Waals surface area contributed by atoms with Gasteiger partial charge >= 0.3 is 5.97 Å². The van der Waals surface area contributed by atoms with Crippen molar-refractivity contribution in [1.82, 2.24) is 4.57 Å². The Balaban J connectivity index is 1.66. The molecule has 2 heterocycles. The number of carbonyl (C=O) groups is 2. The van der Waals surface area contributed by atoms with Crippen LogP contribution in [0.25, 0.3) is 0 Å². The summed E-state index contributed by atoms with van der Waals surface area (Å²) in [5.41, 5.74) is 2.52. The second-order valence-electron chi connectivity index (χ2n) is 5.36. The number of amides is 1. The fraction of sp³-hybridized carbons (Fsp3) is 0.294. The minimum absolute atomic E-state index is 0.185. The molecule has 0 bridgehead atoms. The Morgan fingerprint density at radius 3 is 2.77 bits per heavy atom. The van der Waals surface area contributed by atoms with Crippen molar-refractivity contribution >= 4 is 17.6 Å². The second-order valence-corrected chi connectivity index (χ2v) is 5.36. The van der Waals surface area contributed by atoms with Gasteiger partial charge in [-0.1, -0.05) is 18.2 Å². The molecule has 1 aromatic heterocycles. The van der Waals surface area contributed by atoms with Crippen molar-refractivity contribution in [3.63, 3.8) is 0 Å². The van der Waals surface area contributed by atoms with Gasteiger partial charge in [-0.15, -0.1) is 0 Å². The van der Waals surface area contributed by atoms with E-state index >= 15 is 0 Å². The number of hydrogen-bond donors (Lipinski definition) is 0. The molecule has 3 rings (SSSR count). The van der Waals surface area contributed by atoms with E-state index in [-0.39, 0.29) is 12.5 Å². The van der Waals surface area contributed by atoms with Crippen LogP contribution >= 0.6 is 0 Å². The Hall–Kier alpha value is -2.56. The number of aryl methyl sites for hydroxylation is 2. The van der Waals surface area contributed by atoms with Crippen LogP contribution in [0, 0.1) is 0 Å². The number of benzene rings is 1. The van der Waals surface area contributed by atoms with Crippen LogP contribution in [-0.2, 0) is 23.0 Å². The molecule has 114 valence electrons. The van der Waals surface area contributed by atoms with Crippen LogP contribution in [0.1, 0.15) is 22.5 Å². The van der Waals surface area contributed by atoms with Crippen LogP contribution in [0.5, 0.6) is 0 Å². The first-order valence-corrected chi connectivity index (χ1v) is 7.33. The summed E-state index contributed by atoms with van der Waals surface area (Å²) in [4.78, 5) is 26.0. The summed E-state index contributed by atoms with van der Waals surface area (Å²) in [5.74, 6) is -0.666. The van der Waals surface area contributed by atoms with E-state index in [9.17, 15) is 9.59 Å². The average Bonchev–Trinajstić information content (AvgIpc) is 2.98. The minimum atomic E-state index is -0.480. The van der Waals surface area contributed by atoms with Crippen LogP contribution in [0.4, 0.5) is 5.69 Å². The molecule has 0 fully saturated rings. The molecule has 0 N–H and O–H groups in total. The molecule has 1 aromatic carbocycles. The first-order valence-electron chi connectivity index (χ1n) is 7.33. The number of anilines is 1. The highest BCUT2D eigenvalue weighted by Gasteiger charge is 2.23. The Labute approximate surface area is 129 Å². The minimum Gasteiger partial charge on any atom is -0.451 e. The summed E-state index contributed by atoms with van der Waals surface area (Å²) in [6, 6.07) is 11.3. The Morgan fingerprint density at radius 1 is 1.18 bits per heavy atom. The fourth-order valence-corrected chi connectivity index (χ4v) is 2.74. The third kappa shape index (κ3) is 2.74. The smallest absolute Gasteiger partial charge is 0.355 e. The molecular formula is C17H18N2O3. The summed E-state index contributed by atoms with van der Waals surface area (Å²) >= 11 is 0. The maximum Gasteiger partial charge on any atom is 0.355 e. The van der Waals surface area contributed by atoms with Crippen molar-refractivity contribution in [3.05, 3.63) is 53.9 Å². The third-order valence-corrected chi connectivity index (χ3v) is 3.89. The first kappa shape index (κ1) is 14.4. The molecule has 0 spiro atoms. The number of rotatable bonds is 3. The van der Waals surface area contributed by atoms with E-state index in [0.717, 1.165) is 24.1 Å². The van der Waals surface area contributed by atoms with E-state index in [2.05, 4.69) is 0 Å². The number of hydrogen-bond acceptors (Lipinski definition) is 3. The highest BCUT2D eigenvalue weighted by atomic mass is 16.5. The van der Waals surface area contributed by atoms with Crippen molar-refractivity contribution in [3.8, 4) is 0 Å². The number of nitrogens with zero attached hydrogens (tertiary/aromatic N) is 2. The Kier molecular flexibility index (Phi) is 3.96. The SMILES string of the molecule is Cn1cccc1C(=O)OCC(=O)N1CCCc2ccccc21. The summed E-state index contributed by atoms with van der Waals surface area (Å²) < 4.78 is 6.82. The molecule has 1 aliphatic heterocycles. The molecule has 0 saturated heterocycles. The average molecular weight is 298 g/mol. The largest absolute Gasteiger partial charge is 0.451 e. The quantitative estimate of drug-likeness (QED) is 0.816. The molecule has 0 unspecified atom stereocenters. The highest BCUT2D eigenvalue weighted by Crippen LogP contribution is 2.26. The number of ether oxygens (including phenoxy) is 1. The van der Waals surface area contributed by atoms with Crippen LogP contribution < -0.4 is 4.90 Å². The van der Waals surface area contributed by atoms with E-state index in [1.165, 1.54) is 0 Å². The first-order chi connectivity index (χ1) is 10.7. The molecule has 0 aliphatic carbocycles. The summed E-state index contributed by atoms with van der Waals surface area (Å²) in [6.45, 7) is 0.426. The van der Waals surface area contributed by atoms with Crippen molar-refractivity contribution in [1.29, 1.82) is 0 Å². The topological polar surface area (TPSA) is 51.5 Å². The van der Waals surface area contributed by atoms with E-state index in [1.807, 2.05) is 24.3 Å². The molecule has 22 heavy (non-hydrogen) atoms. The van der Waals surface area contributed by atoms with E-state index in [4.69, 9.17) is 4.74 Å². The second kappa shape index (κ2) is 6.05. The molecule has 2 aromatic rings.